The minimum Gasteiger partial charge on any atom is -0.494 e. The predicted octanol–water partition coefficient (Wildman–Crippen LogP) is 4.51. The van der Waals surface area contributed by atoms with Gasteiger partial charge in [0.2, 0.25) is 0 Å². The van der Waals surface area contributed by atoms with Gasteiger partial charge in [0.25, 0.3) is 5.91 Å². The van der Waals surface area contributed by atoms with E-state index in [1.165, 1.54) is 11.3 Å². The molecule has 1 aromatic heterocycles. The van der Waals surface area contributed by atoms with E-state index in [1.807, 2.05) is 6.92 Å². The number of nitrogens with one attached hydrogen (secondary N) is 1. The molecule has 27 heavy (non-hydrogen) atoms. The van der Waals surface area contributed by atoms with Crippen LogP contribution in [0.5, 0.6) is 5.75 Å². The number of hydrogen-bond donors (Lipinski definition) is 1. The standard InChI is InChI=1S/C20H20N2O4S/c1-4-25-15-8-5-13(6-9-15)18(23)22-20-21-16-10-7-14(11-17(16)27-20)19(24)26-12(2)3/h5-12H,4H2,1-3H3,(H,21,22,23). The van der Waals surface area contributed by atoms with Crippen LogP contribution in [0.4, 0.5) is 5.13 Å². The lowest BCUT2D eigenvalue weighted by atomic mass is 10.2. The maximum absolute atomic E-state index is 12.4. The van der Waals surface area contributed by atoms with Crippen molar-refractivity contribution in [3.05, 3.63) is 53.6 Å². The van der Waals surface area contributed by atoms with Crippen molar-refractivity contribution in [3.63, 3.8) is 0 Å². The van der Waals surface area contributed by atoms with Gasteiger partial charge >= 0.3 is 5.97 Å². The zero-order valence-electron chi connectivity index (χ0n) is 15.3. The molecule has 1 N–H and O–H groups in total. The lowest BCUT2D eigenvalue weighted by Crippen LogP contribution is -2.11. The zero-order valence-corrected chi connectivity index (χ0v) is 16.1. The highest BCUT2D eigenvalue weighted by atomic mass is 32.1. The Labute approximate surface area is 161 Å². The topological polar surface area (TPSA) is 77.5 Å². The Kier molecular flexibility index (Phi) is 5.71. The fourth-order valence-corrected chi connectivity index (χ4v) is 3.33. The number of fused-ring (bicyclic) bond motifs is 1. The molecule has 2 aromatic carbocycles. The third kappa shape index (κ3) is 4.62. The summed E-state index contributed by atoms with van der Waals surface area (Å²) in [6.45, 7) is 6.08. The van der Waals surface area contributed by atoms with Crippen LogP contribution in [0.2, 0.25) is 0 Å². The average molecular weight is 384 g/mol. The van der Waals surface area contributed by atoms with E-state index in [0.717, 1.165) is 10.4 Å². The van der Waals surface area contributed by atoms with Gasteiger partial charge in [-0.1, -0.05) is 11.3 Å². The Balaban J connectivity index is 1.75. The summed E-state index contributed by atoms with van der Waals surface area (Å²) in [6.07, 6.45) is -0.182. The first-order valence-corrected chi connectivity index (χ1v) is 9.43. The fourth-order valence-electron chi connectivity index (χ4n) is 2.43. The highest BCUT2D eigenvalue weighted by molar-refractivity contribution is 7.22. The first-order chi connectivity index (χ1) is 13.0. The van der Waals surface area contributed by atoms with E-state index in [2.05, 4.69) is 10.3 Å². The lowest BCUT2D eigenvalue weighted by Gasteiger charge is -2.07. The van der Waals surface area contributed by atoms with Gasteiger partial charge in [0, 0.05) is 5.56 Å². The van der Waals surface area contributed by atoms with Crippen LogP contribution < -0.4 is 10.1 Å². The third-order valence-electron chi connectivity index (χ3n) is 3.61. The number of amides is 1. The van der Waals surface area contributed by atoms with Crippen LogP contribution in [0, 0.1) is 0 Å². The summed E-state index contributed by atoms with van der Waals surface area (Å²) >= 11 is 1.31. The summed E-state index contributed by atoms with van der Waals surface area (Å²) in [7, 11) is 0. The summed E-state index contributed by atoms with van der Waals surface area (Å²) in [6, 6.07) is 12.1. The van der Waals surface area contributed by atoms with Gasteiger partial charge in [-0.2, -0.15) is 0 Å². The zero-order chi connectivity index (χ0) is 19.4. The molecular formula is C20H20N2O4S. The lowest BCUT2D eigenvalue weighted by molar-refractivity contribution is 0.0378. The van der Waals surface area contributed by atoms with Gasteiger partial charge in [-0.15, -0.1) is 0 Å². The van der Waals surface area contributed by atoms with Crippen molar-refractivity contribution in [2.75, 3.05) is 11.9 Å². The van der Waals surface area contributed by atoms with Crippen LogP contribution in [-0.4, -0.2) is 29.6 Å². The molecule has 0 aliphatic heterocycles. The highest BCUT2D eigenvalue weighted by Gasteiger charge is 2.14. The van der Waals surface area contributed by atoms with Crippen molar-refractivity contribution < 1.29 is 19.1 Å². The molecule has 0 bridgehead atoms. The van der Waals surface area contributed by atoms with Gasteiger partial charge in [0.15, 0.2) is 5.13 Å². The SMILES string of the molecule is CCOc1ccc(C(=O)Nc2nc3ccc(C(=O)OC(C)C)cc3s2)cc1. The van der Waals surface area contributed by atoms with Gasteiger partial charge in [-0.05, 0) is 63.2 Å². The van der Waals surface area contributed by atoms with E-state index in [-0.39, 0.29) is 18.0 Å². The second kappa shape index (κ2) is 8.18. The number of hydrogen-bond acceptors (Lipinski definition) is 6. The highest BCUT2D eigenvalue weighted by Crippen LogP contribution is 2.27. The van der Waals surface area contributed by atoms with E-state index in [9.17, 15) is 9.59 Å². The molecular weight excluding hydrogens is 364 g/mol. The first-order valence-electron chi connectivity index (χ1n) is 8.62. The van der Waals surface area contributed by atoms with Crippen molar-refractivity contribution in [1.82, 2.24) is 4.98 Å². The maximum atomic E-state index is 12.4. The Bertz CT molecular complexity index is 964. The number of ether oxygens (including phenoxy) is 2. The van der Waals surface area contributed by atoms with Crippen molar-refractivity contribution in [3.8, 4) is 5.75 Å². The van der Waals surface area contributed by atoms with Gasteiger partial charge in [0.1, 0.15) is 5.75 Å². The van der Waals surface area contributed by atoms with Crippen molar-refractivity contribution in [2.24, 2.45) is 0 Å². The number of esters is 1. The van der Waals surface area contributed by atoms with Crippen LogP contribution >= 0.6 is 11.3 Å². The Hall–Kier alpha value is -2.93. The normalized spacial score (nSPS) is 10.8. The maximum Gasteiger partial charge on any atom is 0.338 e. The first kappa shape index (κ1) is 18.8. The molecule has 140 valence electrons. The monoisotopic (exact) mass is 384 g/mol. The van der Waals surface area contributed by atoms with E-state index >= 15 is 0 Å². The van der Waals surface area contributed by atoms with E-state index < -0.39 is 0 Å². The molecule has 0 spiro atoms. The summed E-state index contributed by atoms with van der Waals surface area (Å²) in [4.78, 5) is 28.8. The largest absolute Gasteiger partial charge is 0.494 e. The van der Waals surface area contributed by atoms with Crippen LogP contribution in [0.15, 0.2) is 42.5 Å². The molecule has 1 amide bonds. The van der Waals surface area contributed by atoms with Crippen molar-refractivity contribution >= 4 is 38.6 Å². The number of benzene rings is 2. The van der Waals surface area contributed by atoms with Crippen molar-refractivity contribution in [2.45, 2.75) is 26.9 Å². The van der Waals surface area contributed by atoms with E-state index in [4.69, 9.17) is 9.47 Å². The molecule has 3 aromatic rings. The fraction of sp³-hybridized carbons (Fsp3) is 0.250. The third-order valence-corrected chi connectivity index (χ3v) is 4.55. The van der Waals surface area contributed by atoms with Crippen LogP contribution in [0.3, 0.4) is 0 Å². The Morgan fingerprint density at radius 2 is 1.81 bits per heavy atom. The second-order valence-electron chi connectivity index (χ2n) is 6.07. The number of rotatable bonds is 6. The number of aromatic nitrogens is 1. The number of thiazole rings is 1. The van der Waals surface area contributed by atoms with Crippen LogP contribution in [-0.2, 0) is 4.74 Å². The summed E-state index contributed by atoms with van der Waals surface area (Å²) in [5.74, 6) is 0.0895. The van der Waals surface area contributed by atoms with Crippen LogP contribution in [0.25, 0.3) is 10.2 Å². The molecule has 0 unspecified atom stereocenters. The second-order valence-corrected chi connectivity index (χ2v) is 7.10. The molecule has 1 heterocycles. The summed E-state index contributed by atoms with van der Waals surface area (Å²) in [5.41, 5.74) is 1.69. The molecule has 0 fully saturated rings. The van der Waals surface area contributed by atoms with Gasteiger partial charge < -0.3 is 9.47 Å². The number of nitrogens with zero attached hydrogens (tertiary/aromatic N) is 1. The quantitative estimate of drug-likeness (QED) is 0.633. The molecule has 0 aliphatic carbocycles. The molecule has 0 saturated carbocycles. The Morgan fingerprint density at radius 1 is 1.11 bits per heavy atom. The minimum absolute atomic E-state index is 0.182. The predicted molar refractivity (Wildman–Crippen MR) is 106 cm³/mol. The number of carbonyl (C=O) groups is 2. The number of carbonyl (C=O) groups excluding carboxylic acids is 2. The molecule has 3 rings (SSSR count). The molecule has 0 radical (unpaired) electrons. The molecule has 0 atom stereocenters. The van der Waals surface area contributed by atoms with Gasteiger partial charge in [-0.3, -0.25) is 10.1 Å². The number of anilines is 1. The summed E-state index contributed by atoms with van der Waals surface area (Å²) in [5, 5.41) is 3.26. The van der Waals surface area contributed by atoms with Crippen molar-refractivity contribution in [1.29, 1.82) is 0 Å². The molecule has 0 saturated heterocycles. The molecule has 6 nitrogen and oxygen atoms in total. The van der Waals surface area contributed by atoms with Crippen LogP contribution in [0.1, 0.15) is 41.5 Å². The average Bonchev–Trinajstić information content (AvgIpc) is 3.03. The van der Waals surface area contributed by atoms with Gasteiger partial charge in [0.05, 0.1) is 28.5 Å². The van der Waals surface area contributed by atoms with Gasteiger partial charge in [-0.25, -0.2) is 9.78 Å². The molecule has 0 aliphatic rings. The van der Waals surface area contributed by atoms with E-state index in [0.29, 0.717) is 28.4 Å². The minimum atomic E-state index is -0.375. The smallest absolute Gasteiger partial charge is 0.338 e. The Morgan fingerprint density at radius 3 is 2.48 bits per heavy atom. The van der Waals surface area contributed by atoms with E-state index in [1.54, 1.807) is 56.3 Å². The summed E-state index contributed by atoms with van der Waals surface area (Å²) < 4.78 is 11.4. The molecule has 7 heteroatoms.